The van der Waals surface area contributed by atoms with Crippen LogP contribution in [0.15, 0.2) is 47.3 Å². The molecule has 0 aliphatic rings. The summed E-state index contributed by atoms with van der Waals surface area (Å²) in [5.74, 6) is 0.585. The molecule has 2 atom stereocenters. The summed E-state index contributed by atoms with van der Waals surface area (Å²) in [6.45, 7) is 8.79. The maximum absolute atomic E-state index is 5.12. The van der Waals surface area contributed by atoms with E-state index in [9.17, 15) is 0 Å². The second kappa shape index (κ2) is 6.07. The minimum Gasteiger partial charge on any atom is -0.472 e. The minimum atomic E-state index is 0.290. The van der Waals surface area contributed by atoms with Gasteiger partial charge in [-0.15, -0.1) is 0 Å². The third-order valence-corrected chi connectivity index (χ3v) is 3.65. The lowest BCUT2D eigenvalue weighted by molar-refractivity contribution is 0.486. The van der Waals surface area contributed by atoms with Gasteiger partial charge in [-0.2, -0.15) is 0 Å². The van der Waals surface area contributed by atoms with Crippen molar-refractivity contribution in [3.05, 3.63) is 59.5 Å². The van der Waals surface area contributed by atoms with Crippen LogP contribution in [0.25, 0.3) is 0 Å². The molecular weight excluding hydrogens is 234 g/mol. The van der Waals surface area contributed by atoms with Crippen molar-refractivity contribution in [2.24, 2.45) is 0 Å². The highest BCUT2D eigenvalue weighted by molar-refractivity contribution is 5.27. The molecule has 2 rings (SSSR count). The van der Waals surface area contributed by atoms with Crippen LogP contribution in [-0.4, -0.2) is 0 Å². The fourth-order valence-electron chi connectivity index (χ4n) is 2.26. The zero-order chi connectivity index (χ0) is 13.8. The van der Waals surface area contributed by atoms with E-state index in [-0.39, 0.29) is 0 Å². The first-order chi connectivity index (χ1) is 9.08. The number of hydrogen-bond donors (Lipinski definition) is 1. The maximum atomic E-state index is 5.12. The molecule has 1 N–H and O–H groups in total. The molecule has 2 aromatic rings. The monoisotopic (exact) mass is 257 g/mol. The van der Waals surface area contributed by atoms with Crippen LogP contribution in [0, 0.1) is 0 Å². The molecule has 0 saturated heterocycles. The summed E-state index contributed by atoms with van der Waals surface area (Å²) in [5.41, 5.74) is 3.89. The van der Waals surface area contributed by atoms with Gasteiger partial charge in [0.15, 0.2) is 0 Å². The first kappa shape index (κ1) is 13.9. The predicted molar refractivity (Wildman–Crippen MR) is 79.2 cm³/mol. The Kier molecular flexibility index (Phi) is 4.43. The van der Waals surface area contributed by atoms with Gasteiger partial charge in [0.25, 0.3) is 0 Å². The molecule has 1 aromatic heterocycles. The second-order valence-electron chi connectivity index (χ2n) is 5.49. The van der Waals surface area contributed by atoms with Gasteiger partial charge in [-0.05, 0) is 37.0 Å². The summed E-state index contributed by atoms with van der Waals surface area (Å²) in [6, 6.07) is 11.5. The number of furan rings is 1. The Morgan fingerprint density at radius 3 is 1.89 bits per heavy atom. The molecule has 0 aliphatic carbocycles. The maximum Gasteiger partial charge on any atom is 0.0950 e. The summed E-state index contributed by atoms with van der Waals surface area (Å²) in [5, 5.41) is 3.59. The van der Waals surface area contributed by atoms with Crippen molar-refractivity contribution < 1.29 is 4.42 Å². The van der Waals surface area contributed by atoms with Gasteiger partial charge < -0.3 is 9.73 Å². The van der Waals surface area contributed by atoms with Crippen LogP contribution < -0.4 is 5.32 Å². The first-order valence-corrected chi connectivity index (χ1v) is 6.96. The summed E-state index contributed by atoms with van der Waals surface area (Å²) >= 11 is 0. The van der Waals surface area contributed by atoms with Crippen molar-refractivity contribution in [2.75, 3.05) is 0 Å². The van der Waals surface area contributed by atoms with E-state index >= 15 is 0 Å². The lowest BCUT2D eigenvalue weighted by atomic mass is 9.99. The van der Waals surface area contributed by atoms with Crippen LogP contribution in [0.5, 0.6) is 0 Å². The Bertz CT molecular complexity index is 484. The summed E-state index contributed by atoms with van der Waals surface area (Å²) < 4.78 is 5.12. The van der Waals surface area contributed by atoms with Crippen molar-refractivity contribution in [2.45, 2.75) is 45.7 Å². The van der Waals surface area contributed by atoms with Crippen LogP contribution >= 0.6 is 0 Å². The van der Waals surface area contributed by atoms with Crippen molar-refractivity contribution in [1.82, 2.24) is 5.32 Å². The fraction of sp³-hybridized carbons (Fsp3) is 0.412. The molecule has 0 saturated carbocycles. The third-order valence-electron chi connectivity index (χ3n) is 3.65. The Morgan fingerprint density at radius 2 is 1.37 bits per heavy atom. The number of benzene rings is 1. The van der Waals surface area contributed by atoms with Crippen molar-refractivity contribution >= 4 is 0 Å². The van der Waals surface area contributed by atoms with Crippen molar-refractivity contribution in [3.8, 4) is 0 Å². The van der Waals surface area contributed by atoms with E-state index in [1.165, 1.54) is 16.7 Å². The highest BCUT2D eigenvalue weighted by Crippen LogP contribution is 2.21. The van der Waals surface area contributed by atoms with Crippen molar-refractivity contribution in [1.29, 1.82) is 0 Å². The van der Waals surface area contributed by atoms with Gasteiger partial charge in [-0.25, -0.2) is 0 Å². The largest absolute Gasteiger partial charge is 0.472 e. The zero-order valence-corrected chi connectivity index (χ0v) is 12.2. The van der Waals surface area contributed by atoms with E-state index in [2.05, 4.69) is 57.3 Å². The molecule has 1 aromatic carbocycles. The van der Waals surface area contributed by atoms with Crippen molar-refractivity contribution in [3.63, 3.8) is 0 Å². The smallest absolute Gasteiger partial charge is 0.0950 e. The molecule has 0 amide bonds. The van der Waals surface area contributed by atoms with E-state index < -0.39 is 0 Å². The van der Waals surface area contributed by atoms with E-state index in [0.717, 1.165) is 0 Å². The molecule has 102 valence electrons. The standard InChI is InChI=1S/C17H23NO/c1-12(2)15-5-7-16(8-6-15)13(3)18-14(4)17-9-10-19-11-17/h5-14,18H,1-4H3. The topological polar surface area (TPSA) is 25.2 Å². The lowest BCUT2D eigenvalue weighted by Crippen LogP contribution is -2.22. The van der Waals surface area contributed by atoms with Crippen LogP contribution in [-0.2, 0) is 0 Å². The normalized spacial score (nSPS) is 14.6. The SMILES string of the molecule is CC(C)c1ccc(C(C)NC(C)c2ccoc2)cc1. The summed E-state index contributed by atoms with van der Waals surface area (Å²) in [4.78, 5) is 0. The molecule has 0 spiro atoms. The van der Waals surface area contributed by atoms with Crippen LogP contribution in [0.3, 0.4) is 0 Å². The average Bonchev–Trinajstić information content (AvgIpc) is 2.92. The first-order valence-electron chi connectivity index (χ1n) is 6.96. The number of nitrogens with one attached hydrogen (secondary N) is 1. The van der Waals surface area contributed by atoms with Gasteiger partial charge in [0.2, 0.25) is 0 Å². The van der Waals surface area contributed by atoms with Gasteiger partial charge in [0, 0.05) is 17.6 Å². The number of hydrogen-bond acceptors (Lipinski definition) is 2. The lowest BCUT2D eigenvalue weighted by Gasteiger charge is -2.20. The Balaban J connectivity index is 2.01. The molecule has 1 heterocycles. The van der Waals surface area contributed by atoms with E-state index in [4.69, 9.17) is 4.42 Å². The van der Waals surface area contributed by atoms with Gasteiger partial charge >= 0.3 is 0 Å². The molecule has 0 radical (unpaired) electrons. The van der Waals surface area contributed by atoms with E-state index in [0.29, 0.717) is 18.0 Å². The molecule has 0 bridgehead atoms. The molecule has 19 heavy (non-hydrogen) atoms. The quantitative estimate of drug-likeness (QED) is 0.831. The van der Waals surface area contributed by atoms with E-state index in [1.807, 2.05) is 6.07 Å². The van der Waals surface area contributed by atoms with Gasteiger partial charge in [0.05, 0.1) is 12.5 Å². The summed E-state index contributed by atoms with van der Waals surface area (Å²) in [7, 11) is 0. The van der Waals surface area contributed by atoms with Gasteiger partial charge in [-0.3, -0.25) is 0 Å². The molecule has 0 aliphatic heterocycles. The zero-order valence-electron chi connectivity index (χ0n) is 12.2. The Hall–Kier alpha value is -1.54. The predicted octanol–water partition coefficient (Wildman–Crippen LogP) is 4.81. The highest BCUT2D eigenvalue weighted by Gasteiger charge is 2.12. The summed E-state index contributed by atoms with van der Waals surface area (Å²) in [6.07, 6.45) is 3.52. The van der Waals surface area contributed by atoms with Crippen LogP contribution in [0.4, 0.5) is 0 Å². The van der Waals surface area contributed by atoms with E-state index in [1.54, 1.807) is 12.5 Å². The molecule has 2 unspecified atom stereocenters. The van der Waals surface area contributed by atoms with Crippen LogP contribution in [0.1, 0.15) is 62.4 Å². The molecule has 2 nitrogen and oxygen atoms in total. The third kappa shape index (κ3) is 3.48. The minimum absolute atomic E-state index is 0.290. The van der Waals surface area contributed by atoms with Gasteiger partial charge in [0.1, 0.15) is 0 Å². The Labute approximate surface area is 115 Å². The van der Waals surface area contributed by atoms with Gasteiger partial charge in [-0.1, -0.05) is 38.1 Å². The highest BCUT2D eigenvalue weighted by atomic mass is 16.3. The molecular formula is C17H23NO. The fourth-order valence-corrected chi connectivity index (χ4v) is 2.26. The average molecular weight is 257 g/mol. The molecule has 2 heteroatoms. The number of rotatable bonds is 5. The molecule has 0 fully saturated rings. The van der Waals surface area contributed by atoms with Crippen LogP contribution in [0.2, 0.25) is 0 Å². The second-order valence-corrected chi connectivity index (χ2v) is 5.49. The Morgan fingerprint density at radius 1 is 0.789 bits per heavy atom.